The maximum absolute atomic E-state index is 14.8. The molecule has 3 aromatic heterocycles. The number of pyridine rings is 1. The Hall–Kier alpha value is -3.80. The van der Waals surface area contributed by atoms with Crippen molar-refractivity contribution >= 4 is 28.4 Å². The molecule has 1 fully saturated rings. The number of alkyl halides is 2. The zero-order valence-electron chi connectivity index (χ0n) is 19.9. The second kappa shape index (κ2) is 9.34. The van der Waals surface area contributed by atoms with Gasteiger partial charge in [0.05, 0.1) is 41.8 Å². The zero-order chi connectivity index (χ0) is 25.6. The van der Waals surface area contributed by atoms with Crippen molar-refractivity contribution in [1.29, 1.82) is 0 Å². The third-order valence-electron chi connectivity index (χ3n) is 6.29. The number of nitrogens with zero attached hydrogens (tertiary/aromatic N) is 6. The molecule has 0 radical (unpaired) electrons. The molecule has 1 amide bonds. The van der Waals surface area contributed by atoms with Gasteiger partial charge in [-0.3, -0.25) is 4.79 Å². The number of hydrogen-bond acceptors (Lipinski definition) is 7. The first-order valence-corrected chi connectivity index (χ1v) is 11.5. The van der Waals surface area contributed by atoms with Crippen LogP contribution in [-0.4, -0.2) is 61.2 Å². The number of aromatic nitrogens is 5. The fourth-order valence-corrected chi connectivity index (χ4v) is 4.46. The van der Waals surface area contributed by atoms with Crippen LogP contribution in [0.25, 0.3) is 16.7 Å². The third-order valence-corrected chi connectivity index (χ3v) is 6.29. The predicted molar refractivity (Wildman–Crippen MR) is 126 cm³/mol. The van der Waals surface area contributed by atoms with Crippen molar-refractivity contribution in [3.63, 3.8) is 0 Å². The second-order valence-electron chi connectivity index (χ2n) is 8.75. The molecule has 1 aliphatic heterocycles. The fourth-order valence-electron chi connectivity index (χ4n) is 4.46. The molecule has 1 aromatic carbocycles. The number of fused-ring (bicyclic) bond motifs is 3. The Morgan fingerprint density at radius 3 is 2.75 bits per heavy atom. The molecule has 0 bridgehead atoms. The van der Waals surface area contributed by atoms with E-state index in [-0.39, 0.29) is 17.5 Å². The lowest BCUT2D eigenvalue weighted by Crippen LogP contribution is -2.47. The number of amides is 1. The minimum absolute atomic E-state index is 0.0671. The Kier molecular flexibility index (Phi) is 6.20. The van der Waals surface area contributed by atoms with Crippen LogP contribution in [0.5, 0.6) is 0 Å². The average Bonchev–Trinajstić information content (AvgIpc) is 3.34. The van der Waals surface area contributed by atoms with Crippen LogP contribution in [0, 0.1) is 12.7 Å². The predicted octanol–water partition coefficient (Wildman–Crippen LogP) is 4.09. The van der Waals surface area contributed by atoms with E-state index < -0.39 is 23.8 Å². The number of benzene rings is 1. The van der Waals surface area contributed by atoms with E-state index in [9.17, 15) is 18.0 Å². The van der Waals surface area contributed by atoms with Gasteiger partial charge < -0.3 is 15.0 Å². The van der Waals surface area contributed by atoms with Crippen molar-refractivity contribution in [2.75, 3.05) is 25.1 Å². The summed E-state index contributed by atoms with van der Waals surface area (Å²) in [6, 6.07) is 4.70. The largest absolute Gasteiger partial charge is 0.377 e. The minimum Gasteiger partial charge on any atom is -0.377 e. The van der Waals surface area contributed by atoms with E-state index in [1.54, 1.807) is 24.8 Å². The Morgan fingerprint density at radius 1 is 1.22 bits per heavy atom. The summed E-state index contributed by atoms with van der Waals surface area (Å²) >= 11 is 0. The Balaban J connectivity index is 1.62. The zero-order valence-corrected chi connectivity index (χ0v) is 19.9. The highest BCUT2D eigenvalue weighted by atomic mass is 19.3. The van der Waals surface area contributed by atoms with Gasteiger partial charge in [-0.15, -0.1) is 0 Å². The minimum atomic E-state index is -2.93. The van der Waals surface area contributed by atoms with Crippen molar-refractivity contribution in [1.82, 2.24) is 29.5 Å². The molecule has 4 aromatic rings. The number of halogens is 3. The first-order valence-electron chi connectivity index (χ1n) is 11.5. The fraction of sp³-hybridized carbons (Fsp3) is 0.375. The monoisotopic (exact) mass is 499 g/mol. The van der Waals surface area contributed by atoms with Crippen molar-refractivity contribution in [3.8, 4) is 0 Å². The van der Waals surface area contributed by atoms with Gasteiger partial charge in [0.1, 0.15) is 23.8 Å². The van der Waals surface area contributed by atoms with Crippen LogP contribution in [0.3, 0.4) is 0 Å². The van der Waals surface area contributed by atoms with Crippen molar-refractivity contribution in [2.45, 2.75) is 39.3 Å². The lowest BCUT2D eigenvalue weighted by atomic mass is 10.0. The van der Waals surface area contributed by atoms with Crippen LogP contribution in [0.1, 0.15) is 53.6 Å². The van der Waals surface area contributed by atoms with Crippen molar-refractivity contribution in [3.05, 3.63) is 58.9 Å². The summed E-state index contributed by atoms with van der Waals surface area (Å²) < 4.78 is 48.2. The first kappa shape index (κ1) is 23.9. The molecule has 0 aliphatic carbocycles. The molecular formula is C24H24F3N7O2. The molecule has 0 saturated carbocycles. The molecule has 12 heteroatoms. The van der Waals surface area contributed by atoms with Gasteiger partial charge in [-0.2, -0.15) is 9.61 Å². The summed E-state index contributed by atoms with van der Waals surface area (Å²) in [5.74, 6) is -0.496. The van der Waals surface area contributed by atoms with E-state index in [0.29, 0.717) is 53.6 Å². The van der Waals surface area contributed by atoms with Gasteiger partial charge in [-0.1, -0.05) is 18.2 Å². The molecule has 1 saturated heterocycles. The van der Waals surface area contributed by atoms with Crippen LogP contribution in [0.15, 0.2) is 30.6 Å². The van der Waals surface area contributed by atoms with Crippen LogP contribution in [-0.2, 0) is 4.74 Å². The van der Waals surface area contributed by atoms with E-state index in [1.165, 1.54) is 23.0 Å². The number of carbonyl (C=O) groups excluding carboxylic acids is 1. The summed E-state index contributed by atoms with van der Waals surface area (Å²) in [6.07, 6.45) is -1.59. The van der Waals surface area contributed by atoms with E-state index in [0.717, 1.165) is 6.07 Å². The van der Waals surface area contributed by atoms with Gasteiger partial charge in [-0.25, -0.2) is 28.1 Å². The first-order chi connectivity index (χ1) is 17.3. The van der Waals surface area contributed by atoms with Crippen molar-refractivity contribution < 1.29 is 22.7 Å². The average molecular weight is 499 g/mol. The number of morpholine rings is 1. The highest BCUT2D eigenvalue weighted by Gasteiger charge is 2.29. The highest BCUT2D eigenvalue weighted by molar-refractivity contribution is 6.04. The van der Waals surface area contributed by atoms with Gasteiger partial charge in [0, 0.05) is 12.1 Å². The van der Waals surface area contributed by atoms with Gasteiger partial charge in [-0.05, 0) is 26.8 Å². The van der Waals surface area contributed by atoms with E-state index in [2.05, 4.69) is 25.4 Å². The SMILES string of the molecule is Cc1nc(N[C@H](C)c2cccc(C(F)F)c2F)c2cc(C(=O)N3CCOC[C@H]3C)c3ncnn3c2n1. The molecule has 0 spiro atoms. The van der Waals surface area contributed by atoms with Gasteiger partial charge in [0.25, 0.3) is 12.3 Å². The van der Waals surface area contributed by atoms with Crippen LogP contribution in [0.4, 0.5) is 19.0 Å². The summed E-state index contributed by atoms with van der Waals surface area (Å²) in [6.45, 7) is 6.53. The lowest BCUT2D eigenvalue weighted by Gasteiger charge is -2.33. The molecule has 9 nitrogen and oxygen atoms in total. The number of hydrogen-bond donors (Lipinski definition) is 1. The van der Waals surface area contributed by atoms with Crippen molar-refractivity contribution in [2.24, 2.45) is 0 Å². The van der Waals surface area contributed by atoms with Gasteiger partial charge in [0.15, 0.2) is 11.3 Å². The molecule has 5 rings (SSSR count). The summed E-state index contributed by atoms with van der Waals surface area (Å²) in [5.41, 5.74) is 0.457. The Bertz CT molecular complexity index is 1460. The van der Waals surface area contributed by atoms with E-state index in [4.69, 9.17) is 4.74 Å². The van der Waals surface area contributed by atoms with Crippen LogP contribution >= 0.6 is 0 Å². The van der Waals surface area contributed by atoms with Gasteiger partial charge >= 0.3 is 0 Å². The molecule has 4 heterocycles. The molecule has 188 valence electrons. The highest BCUT2D eigenvalue weighted by Crippen LogP contribution is 2.31. The maximum Gasteiger partial charge on any atom is 0.266 e. The van der Waals surface area contributed by atoms with Gasteiger partial charge in [0.2, 0.25) is 0 Å². The summed E-state index contributed by atoms with van der Waals surface area (Å²) in [4.78, 5) is 28.5. The quantitative estimate of drug-likeness (QED) is 0.442. The maximum atomic E-state index is 14.8. The van der Waals surface area contributed by atoms with Crippen LogP contribution < -0.4 is 5.32 Å². The second-order valence-corrected chi connectivity index (χ2v) is 8.75. The Morgan fingerprint density at radius 2 is 2.00 bits per heavy atom. The number of aryl methyl sites for hydroxylation is 1. The number of rotatable bonds is 5. The van der Waals surface area contributed by atoms with E-state index >= 15 is 0 Å². The molecule has 0 unspecified atom stereocenters. The number of nitrogens with one attached hydrogen (secondary N) is 1. The van der Waals surface area contributed by atoms with Crippen LogP contribution in [0.2, 0.25) is 0 Å². The normalized spacial score (nSPS) is 17.2. The smallest absolute Gasteiger partial charge is 0.266 e. The molecule has 1 N–H and O–H groups in total. The summed E-state index contributed by atoms with van der Waals surface area (Å²) in [5, 5.41) is 7.84. The number of ether oxygens (including phenoxy) is 1. The standard InChI is InChI=1S/C24H24F3N7O2/c1-12-10-36-8-7-33(12)24(35)18-9-17-21(31-14(3)32-23(17)34-22(18)28-11-29-34)30-13(2)15-5-4-6-16(19(15)25)20(26)27/h4-6,9,11-13,20H,7-8,10H2,1-3H3,(H,30,31,32)/t12-,13-/m1/s1. The third kappa shape index (κ3) is 4.11. The molecule has 36 heavy (non-hydrogen) atoms. The Labute approximate surface area is 204 Å². The number of anilines is 1. The van der Waals surface area contributed by atoms with E-state index in [1.807, 2.05) is 6.92 Å². The lowest BCUT2D eigenvalue weighted by molar-refractivity contribution is 0.00368. The number of carbonyl (C=O) groups is 1. The molecular weight excluding hydrogens is 475 g/mol. The topological polar surface area (TPSA) is 97.5 Å². The molecule has 1 aliphatic rings. The summed E-state index contributed by atoms with van der Waals surface area (Å²) in [7, 11) is 0. The molecule has 2 atom stereocenters.